The fraction of sp³-hybridized carbons (Fsp3) is 0.667. The molecule has 0 saturated carbocycles. The van der Waals surface area contributed by atoms with Crippen molar-refractivity contribution >= 4 is 29.2 Å². The summed E-state index contributed by atoms with van der Waals surface area (Å²) in [6, 6.07) is 0. The molecule has 9 heavy (non-hydrogen) atoms. The number of alkyl halides is 2. The predicted octanol–water partition coefficient (Wildman–Crippen LogP) is 1.53. The highest BCUT2D eigenvalue weighted by molar-refractivity contribution is 6.40. The monoisotopic (exact) mass is 178 g/mol. The molecule has 0 radical (unpaired) electrons. The molecule has 0 rings (SSSR count). The smallest absolute Gasteiger partial charge is 0.300 e. The largest absolute Gasteiger partial charge is 0.481 e. The van der Waals surface area contributed by atoms with Gasteiger partial charge in [0.05, 0.1) is 5.34 Å². The molecule has 0 aliphatic heterocycles. The van der Waals surface area contributed by atoms with Gasteiger partial charge in [-0.1, -0.05) is 0 Å². The predicted molar refractivity (Wildman–Crippen MR) is 35.1 cm³/mol. The number of carbonyl (C=O) groups is 1. The lowest BCUT2D eigenvalue weighted by Crippen LogP contribution is -1.78. The number of aliphatic carboxylic acids is 1. The standard InChI is InChI=1S/C2H4O2.CH2Cl2.H2O2/c1-2(3)4;2-1-3;1-2/h1H3,(H,3,4);1H2;1-2H. The number of carboxylic acids is 1. The second-order valence-electron chi connectivity index (χ2n) is 0.620. The zero-order valence-corrected chi connectivity index (χ0v) is 6.22. The van der Waals surface area contributed by atoms with Crippen LogP contribution in [0.3, 0.4) is 0 Å². The lowest BCUT2D eigenvalue weighted by Gasteiger charge is -1.59. The summed E-state index contributed by atoms with van der Waals surface area (Å²) in [7, 11) is 0. The van der Waals surface area contributed by atoms with Gasteiger partial charge in [-0.2, -0.15) is 0 Å². The summed E-state index contributed by atoms with van der Waals surface area (Å²) in [6.07, 6.45) is 0. The zero-order valence-electron chi connectivity index (χ0n) is 4.71. The van der Waals surface area contributed by atoms with Crippen molar-refractivity contribution in [3.8, 4) is 0 Å². The minimum absolute atomic E-state index is 0.194. The molecule has 0 bridgehead atoms. The fourth-order valence-electron chi connectivity index (χ4n) is 0. The molecule has 0 saturated heterocycles. The van der Waals surface area contributed by atoms with E-state index < -0.39 is 5.97 Å². The summed E-state index contributed by atoms with van der Waals surface area (Å²) in [5, 5.41) is 19.6. The molecule has 3 N–H and O–H groups in total. The highest BCUT2D eigenvalue weighted by Gasteiger charge is 1.65. The van der Waals surface area contributed by atoms with Gasteiger partial charge in [-0.15, -0.1) is 23.2 Å². The molecule has 0 heterocycles. The Labute approximate surface area is 62.6 Å². The number of carboxylic acid groups (broad SMARTS) is 1. The van der Waals surface area contributed by atoms with E-state index >= 15 is 0 Å². The van der Waals surface area contributed by atoms with Crippen LogP contribution in [0.1, 0.15) is 6.92 Å². The van der Waals surface area contributed by atoms with E-state index in [4.69, 9.17) is 43.6 Å². The van der Waals surface area contributed by atoms with Crippen LogP contribution in [0.15, 0.2) is 0 Å². The molecule has 0 aromatic heterocycles. The Bertz CT molecular complexity index is 45.1. The van der Waals surface area contributed by atoms with Gasteiger partial charge in [0, 0.05) is 6.92 Å². The van der Waals surface area contributed by atoms with Crippen molar-refractivity contribution in [2.75, 3.05) is 5.34 Å². The van der Waals surface area contributed by atoms with E-state index in [1.165, 1.54) is 0 Å². The summed E-state index contributed by atoms with van der Waals surface area (Å²) in [5.74, 6) is -0.833. The van der Waals surface area contributed by atoms with E-state index in [0.29, 0.717) is 0 Å². The maximum atomic E-state index is 9.00. The fourth-order valence-corrected chi connectivity index (χ4v) is 0. The Hall–Kier alpha value is -0.0300. The molecule has 0 unspecified atom stereocenters. The van der Waals surface area contributed by atoms with Gasteiger partial charge in [0.25, 0.3) is 5.97 Å². The molecule has 4 nitrogen and oxygen atoms in total. The molecule has 0 atom stereocenters. The summed E-state index contributed by atoms with van der Waals surface area (Å²) < 4.78 is 0. The number of rotatable bonds is 0. The van der Waals surface area contributed by atoms with Gasteiger partial charge >= 0.3 is 0 Å². The number of hydrogen-bond donors (Lipinski definition) is 3. The third-order valence-corrected chi connectivity index (χ3v) is 0. The van der Waals surface area contributed by atoms with Crippen LogP contribution in [0.5, 0.6) is 0 Å². The second-order valence-corrected chi connectivity index (χ2v) is 1.43. The minimum atomic E-state index is -0.833. The quantitative estimate of drug-likeness (QED) is 0.299. The molecular weight excluding hydrogens is 171 g/mol. The molecule has 0 amide bonds. The molecule has 0 fully saturated rings. The topological polar surface area (TPSA) is 77.8 Å². The highest BCUT2D eigenvalue weighted by Crippen LogP contribution is 1.73. The van der Waals surface area contributed by atoms with Crippen molar-refractivity contribution in [2.24, 2.45) is 0 Å². The van der Waals surface area contributed by atoms with Crippen LogP contribution < -0.4 is 0 Å². The Kier molecular flexibility index (Phi) is 43.6. The third kappa shape index (κ3) is 316000. The first-order chi connectivity index (χ1) is 4.15. The van der Waals surface area contributed by atoms with Gasteiger partial charge in [0.2, 0.25) is 0 Å². The Morgan fingerprint density at radius 1 is 1.44 bits per heavy atom. The maximum Gasteiger partial charge on any atom is 0.300 e. The van der Waals surface area contributed by atoms with Crippen LogP contribution in [0.25, 0.3) is 0 Å². The van der Waals surface area contributed by atoms with Crippen molar-refractivity contribution in [2.45, 2.75) is 6.92 Å². The van der Waals surface area contributed by atoms with Gasteiger partial charge < -0.3 is 5.11 Å². The summed E-state index contributed by atoms with van der Waals surface area (Å²) in [5.41, 5.74) is 0. The van der Waals surface area contributed by atoms with Gasteiger partial charge in [0.15, 0.2) is 0 Å². The summed E-state index contributed by atoms with van der Waals surface area (Å²) in [6.45, 7) is 1.08. The molecule has 58 valence electrons. The molecule has 0 spiro atoms. The van der Waals surface area contributed by atoms with E-state index in [1.807, 2.05) is 0 Å². The van der Waals surface area contributed by atoms with Crippen LogP contribution in [-0.2, 0) is 4.79 Å². The third-order valence-electron chi connectivity index (χ3n) is 0. The maximum absolute atomic E-state index is 9.00. The first-order valence-corrected chi connectivity index (χ1v) is 2.73. The van der Waals surface area contributed by atoms with Gasteiger partial charge in [-0.25, -0.2) is 0 Å². The molecule has 6 heteroatoms. The zero-order chi connectivity index (χ0) is 8.28. The Morgan fingerprint density at radius 3 is 1.44 bits per heavy atom. The average Bonchev–Trinajstić information content (AvgIpc) is 1.71. The van der Waals surface area contributed by atoms with Gasteiger partial charge in [-0.05, 0) is 0 Å². The Morgan fingerprint density at radius 2 is 1.44 bits per heavy atom. The summed E-state index contributed by atoms with van der Waals surface area (Å²) >= 11 is 9.53. The van der Waals surface area contributed by atoms with Gasteiger partial charge in [-0.3, -0.25) is 15.3 Å². The summed E-state index contributed by atoms with van der Waals surface area (Å²) in [4.78, 5) is 9.00. The molecule has 0 aliphatic carbocycles. The lowest BCUT2D eigenvalue weighted by atomic mass is 10.9. The van der Waals surface area contributed by atoms with Gasteiger partial charge in [0.1, 0.15) is 0 Å². The first-order valence-electron chi connectivity index (χ1n) is 1.66. The van der Waals surface area contributed by atoms with Crippen LogP contribution in [0.4, 0.5) is 0 Å². The van der Waals surface area contributed by atoms with E-state index in [2.05, 4.69) is 0 Å². The molecule has 0 aliphatic rings. The minimum Gasteiger partial charge on any atom is -0.481 e. The molecule has 0 aromatic carbocycles. The van der Waals surface area contributed by atoms with Crippen LogP contribution in [-0.4, -0.2) is 26.9 Å². The van der Waals surface area contributed by atoms with E-state index in [1.54, 1.807) is 0 Å². The van der Waals surface area contributed by atoms with Crippen molar-refractivity contribution < 1.29 is 20.4 Å². The Balaban J connectivity index is -0.0000000646. The number of hydrogen-bond acceptors (Lipinski definition) is 3. The van der Waals surface area contributed by atoms with Crippen LogP contribution in [0, 0.1) is 0 Å². The van der Waals surface area contributed by atoms with E-state index in [9.17, 15) is 0 Å². The lowest BCUT2D eigenvalue weighted by molar-refractivity contribution is -0.176. The van der Waals surface area contributed by atoms with Crippen molar-refractivity contribution in [3.63, 3.8) is 0 Å². The van der Waals surface area contributed by atoms with Crippen LogP contribution in [0.2, 0.25) is 0 Å². The van der Waals surface area contributed by atoms with E-state index in [0.717, 1.165) is 6.92 Å². The van der Waals surface area contributed by atoms with Crippen molar-refractivity contribution in [3.05, 3.63) is 0 Å². The normalized spacial score (nSPS) is 5.44. The molecule has 0 aromatic rings. The number of halogens is 2. The van der Waals surface area contributed by atoms with Crippen LogP contribution >= 0.6 is 23.2 Å². The first kappa shape index (κ1) is 16.0. The van der Waals surface area contributed by atoms with Crippen molar-refractivity contribution in [1.29, 1.82) is 0 Å². The molecular formula is C3H8Cl2O4. The van der Waals surface area contributed by atoms with E-state index in [-0.39, 0.29) is 5.34 Å². The SMILES string of the molecule is CC(=O)O.ClCCl.OO. The highest BCUT2D eigenvalue weighted by atomic mass is 35.5. The second kappa shape index (κ2) is 24.6. The average molecular weight is 179 g/mol. The van der Waals surface area contributed by atoms with Crippen molar-refractivity contribution in [1.82, 2.24) is 0 Å².